The average Bonchev–Trinajstić information content (AvgIpc) is 3.31. The molecule has 0 saturated heterocycles. The molecule has 0 aliphatic heterocycles. The summed E-state index contributed by atoms with van der Waals surface area (Å²) in [6, 6.07) is 17.0. The van der Waals surface area contributed by atoms with Crippen molar-refractivity contribution in [2.24, 2.45) is 0 Å². The van der Waals surface area contributed by atoms with Gasteiger partial charge in [-0.05, 0) is 30.5 Å². The van der Waals surface area contributed by atoms with Gasteiger partial charge < -0.3 is 0 Å². The third-order valence-corrected chi connectivity index (χ3v) is 5.43. The smallest absolute Gasteiger partial charge is 0.266 e. The Morgan fingerprint density at radius 1 is 1.04 bits per heavy atom. The number of benzene rings is 2. The number of hydrogen-bond donors (Lipinski definition) is 0. The first kappa shape index (κ1) is 17.0. The van der Waals surface area contributed by atoms with Crippen molar-refractivity contribution in [3.8, 4) is 11.4 Å². The lowest BCUT2D eigenvalue weighted by atomic mass is 10.3. The van der Waals surface area contributed by atoms with Crippen LogP contribution in [0, 0.1) is 0 Å². The summed E-state index contributed by atoms with van der Waals surface area (Å²) in [5, 5.41) is 10.4. The number of para-hydroxylation sites is 2. The van der Waals surface area contributed by atoms with Crippen LogP contribution in [0.5, 0.6) is 0 Å². The first-order valence-electron chi connectivity index (χ1n) is 8.42. The number of thioether (sulfide) groups is 1. The minimum Gasteiger partial charge on any atom is -0.266 e. The fraction of sp³-hybridized carbons (Fsp3) is 0.0526. The highest BCUT2D eigenvalue weighted by atomic mass is 35.5. The molecule has 0 amide bonds. The molecule has 0 aliphatic rings. The Morgan fingerprint density at radius 2 is 1.79 bits per heavy atom. The molecule has 5 rings (SSSR count). The van der Waals surface area contributed by atoms with Crippen LogP contribution in [0.4, 0.5) is 0 Å². The van der Waals surface area contributed by atoms with Gasteiger partial charge in [0.15, 0.2) is 5.65 Å². The maximum atomic E-state index is 13.2. The SMILES string of the molecule is CSc1nn(-c2ccccc2)c2nc3n(-c4ccccc4Cl)cnn3c(=O)c12. The molecule has 3 heterocycles. The first-order chi connectivity index (χ1) is 13.7. The predicted molar refractivity (Wildman–Crippen MR) is 110 cm³/mol. The molecule has 0 atom stereocenters. The Labute approximate surface area is 168 Å². The Kier molecular flexibility index (Phi) is 3.96. The second kappa shape index (κ2) is 6.50. The van der Waals surface area contributed by atoms with Crippen molar-refractivity contribution in [3.05, 3.63) is 76.3 Å². The summed E-state index contributed by atoms with van der Waals surface area (Å²) in [6.45, 7) is 0. The molecule has 0 aliphatic carbocycles. The predicted octanol–water partition coefficient (Wildman–Crippen LogP) is 3.59. The van der Waals surface area contributed by atoms with Crippen LogP contribution in [0.1, 0.15) is 0 Å². The van der Waals surface area contributed by atoms with Gasteiger partial charge in [-0.25, -0.2) is 4.68 Å². The highest BCUT2D eigenvalue weighted by Crippen LogP contribution is 2.26. The molecule has 0 radical (unpaired) electrons. The zero-order valence-corrected chi connectivity index (χ0v) is 16.2. The van der Waals surface area contributed by atoms with Crippen molar-refractivity contribution in [2.45, 2.75) is 5.03 Å². The minimum absolute atomic E-state index is 0.266. The number of fused-ring (bicyclic) bond motifs is 2. The van der Waals surface area contributed by atoms with Gasteiger partial charge in [-0.2, -0.15) is 19.7 Å². The maximum absolute atomic E-state index is 13.2. The van der Waals surface area contributed by atoms with Crippen molar-refractivity contribution in [1.29, 1.82) is 0 Å². The van der Waals surface area contributed by atoms with Crippen molar-refractivity contribution < 1.29 is 0 Å². The van der Waals surface area contributed by atoms with Gasteiger partial charge in [0.2, 0.25) is 5.78 Å². The van der Waals surface area contributed by atoms with Crippen molar-refractivity contribution in [3.63, 3.8) is 0 Å². The Bertz CT molecular complexity index is 1390. The summed E-state index contributed by atoms with van der Waals surface area (Å²) in [5.74, 6) is 0.371. The van der Waals surface area contributed by atoms with E-state index in [9.17, 15) is 4.79 Å². The van der Waals surface area contributed by atoms with Crippen molar-refractivity contribution in [1.82, 2.24) is 28.9 Å². The fourth-order valence-electron chi connectivity index (χ4n) is 3.14. The van der Waals surface area contributed by atoms with Gasteiger partial charge in [0.05, 0.1) is 16.4 Å². The molecule has 2 aromatic carbocycles. The normalized spacial score (nSPS) is 11.5. The number of hydrogen-bond acceptors (Lipinski definition) is 5. The maximum Gasteiger partial charge on any atom is 0.288 e. The topological polar surface area (TPSA) is 70.0 Å². The van der Waals surface area contributed by atoms with Crippen LogP contribution in [0.25, 0.3) is 28.2 Å². The lowest BCUT2D eigenvalue weighted by Crippen LogP contribution is -2.16. The second-order valence-electron chi connectivity index (χ2n) is 6.04. The van der Waals surface area contributed by atoms with E-state index < -0.39 is 0 Å². The molecule has 5 aromatic rings. The summed E-state index contributed by atoms with van der Waals surface area (Å²) >= 11 is 7.74. The monoisotopic (exact) mass is 408 g/mol. The van der Waals surface area contributed by atoms with Crippen LogP contribution < -0.4 is 5.56 Å². The quantitative estimate of drug-likeness (QED) is 0.427. The summed E-state index contributed by atoms with van der Waals surface area (Å²) in [5.41, 5.74) is 1.74. The molecule has 0 spiro atoms. The first-order valence-corrected chi connectivity index (χ1v) is 10.0. The Balaban J connectivity index is 1.89. The highest BCUT2D eigenvalue weighted by molar-refractivity contribution is 7.98. The Morgan fingerprint density at radius 3 is 2.54 bits per heavy atom. The molecule has 0 fully saturated rings. The van der Waals surface area contributed by atoms with Gasteiger partial charge in [0, 0.05) is 0 Å². The summed E-state index contributed by atoms with van der Waals surface area (Å²) in [6.07, 6.45) is 3.43. The zero-order valence-electron chi connectivity index (χ0n) is 14.7. The summed E-state index contributed by atoms with van der Waals surface area (Å²) in [7, 11) is 0. The van der Waals surface area contributed by atoms with E-state index in [1.165, 1.54) is 16.3 Å². The van der Waals surface area contributed by atoms with Gasteiger partial charge in [-0.3, -0.25) is 9.36 Å². The van der Waals surface area contributed by atoms with E-state index in [4.69, 9.17) is 16.6 Å². The van der Waals surface area contributed by atoms with Gasteiger partial charge in [-0.15, -0.1) is 11.8 Å². The zero-order chi connectivity index (χ0) is 19.3. The molecule has 7 nitrogen and oxygen atoms in total. The molecule has 0 bridgehead atoms. The lowest BCUT2D eigenvalue weighted by molar-refractivity contribution is 0.851. The van der Waals surface area contributed by atoms with E-state index in [0.717, 1.165) is 5.69 Å². The molecule has 0 N–H and O–H groups in total. The van der Waals surface area contributed by atoms with Crippen LogP contribution in [0.3, 0.4) is 0 Å². The summed E-state index contributed by atoms with van der Waals surface area (Å²) < 4.78 is 4.67. The van der Waals surface area contributed by atoms with E-state index in [1.807, 2.05) is 54.8 Å². The fourth-order valence-corrected chi connectivity index (χ4v) is 3.92. The van der Waals surface area contributed by atoms with E-state index in [2.05, 4.69) is 10.2 Å². The summed E-state index contributed by atoms with van der Waals surface area (Å²) in [4.78, 5) is 17.9. The number of aromatic nitrogens is 6. The Hall–Kier alpha value is -3.10. The number of rotatable bonds is 3. The lowest BCUT2D eigenvalue weighted by Gasteiger charge is -2.06. The molecule has 3 aromatic heterocycles. The average molecular weight is 409 g/mol. The third kappa shape index (κ3) is 2.45. The van der Waals surface area contributed by atoms with E-state index in [1.54, 1.807) is 21.6 Å². The highest BCUT2D eigenvalue weighted by Gasteiger charge is 2.21. The van der Waals surface area contributed by atoms with Crippen LogP contribution in [0.2, 0.25) is 5.02 Å². The molecule has 28 heavy (non-hydrogen) atoms. The molecule has 0 saturated carbocycles. The third-order valence-electron chi connectivity index (χ3n) is 4.43. The number of nitrogens with zero attached hydrogens (tertiary/aromatic N) is 6. The second-order valence-corrected chi connectivity index (χ2v) is 7.24. The van der Waals surface area contributed by atoms with Gasteiger partial charge in [0.1, 0.15) is 16.7 Å². The largest absolute Gasteiger partial charge is 0.288 e. The van der Waals surface area contributed by atoms with Gasteiger partial charge in [0.25, 0.3) is 5.56 Å². The van der Waals surface area contributed by atoms with Crippen LogP contribution in [-0.4, -0.2) is 35.2 Å². The number of halogens is 1. The minimum atomic E-state index is -0.266. The van der Waals surface area contributed by atoms with Crippen molar-refractivity contribution in [2.75, 3.05) is 6.26 Å². The molecular weight excluding hydrogens is 396 g/mol. The van der Waals surface area contributed by atoms with E-state index >= 15 is 0 Å². The molecule has 9 heteroatoms. The molecule has 138 valence electrons. The van der Waals surface area contributed by atoms with Crippen molar-refractivity contribution >= 4 is 40.2 Å². The molecular formula is C19H13ClN6OS. The van der Waals surface area contributed by atoms with Gasteiger partial charge >= 0.3 is 0 Å². The van der Waals surface area contributed by atoms with E-state index in [-0.39, 0.29) is 5.56 Å². The standard InChI is InChI=1S/C19H13ClN6OS/c1-28-17-15-16(25(23-17)12-7-3-2-4-8-12)22-19-24(11-21-26(19)18(15)27)14-10-6-5-9-13(14)20/h2-11H,1H3. The molecule has 0 unspecified atom stereocenters. The van der Waals surface area contributed by atoms with E-state index in [0.29, 0.717) is 32.5 Å². The van der Waals surface area contributed by atoms with Gasteiger partial charge in [-0.1, -0.05) is 41.9 Å². The van der Waals surface area contributed by atoms with Crippen LogP contribution >= 0.6 is 23.4 Å². The van der Waals surface area contributed by atoms with Crippen LogP contribution in [-0.2, 0) is 0 Å². The van der Waals surface area contributed by atoms with Crippen LogP contribution in [0.15, 0.2) is 70.7 Å².